The van der Waals surface area contributed by atoms with Gasteiger partial charge in [0.25, 0.3) is 0 Å². The van der Waals surface area contributed by atoms with E-state index in [4.69, 9.17) is 9.47 Å². The maximum atomic E-state index is 13.8. The summed E-state index contributed by atoms with van der Waals surface area (Å²) in [6.07, 6.45) is 0.00330. The first kappa shape index (κ1) is 16.0. The Bertz CT molecular complexity index is 760. The van der Waals surface area contributed by atoms with E-state index in [1.165, 1.54) is 17.0 Å². The van der Waals surface area contributed by atoms with Crippen molar-refractivity contribution in [3.05, 3.63) is 54.3 Å². The summed E-state index contributed by atoms with van der Waals surface area (Å²) in [5.41, 5.74) is 0.183. The van der Waals surface area contributed by atoms with Crippen LogP contribution in [0.1, 0.15) is 6.42 Å². The Morgan fingerprint density at radius 3 is 2.46 bits per heavy atom. The number of benzene rings is 2. The maximum absolute atomic E-state index is 13.8. The van der Waals surface area contributed by atoms with E-state index in [9.17, 15) is 14.0 Å². The number of halogens is 1. The van der Waals surface area contributed by atoms with Gasteiger partial charge in [0.1, 0.15) is 17.3 Å². The number of carbonyl (C=O) groups excluding carboxylic acids is 2. The van der Waals surface area contributed by atoms with E-state index >= 15 is 0 Å². The predicted molar refractivity (Wildman–Crippen MR) is 85.5 cm³/mol. The lowest BCUT2D eigenvalue weighted by Gasteiger charge is -2.17. The number of esters is 1. The molecule has 0 aromatic heterocycles. The summed E-state index contributed by atoms with van der Waals surface area (Å²) in [6.45, 7) is 0.106. The number of carbonyl (C=O) groups is 2. The third kappa shape index (κ3) is 3.22. The van der Waals surface area contributed by atoms with E-state index < -0.39 is 17.7 Å². The minimum absolute atomic E-state index is 0.00330. The molecular weight excluding hydrogens is 313 g/mol. The largest absolute Gasteiger partial charge is 0.497 e. The van der Waals surface area contributed by atoms with Gasteiger partial charge < -0.3 is 14.4 Å². The zero-order valence-corrected chi connectivity index (χ0v) is 13.1. The Kier molecular flexibility index (Phi) is 4.46. The van der Waals surface area contributed by atoms with Gasteiger partial charge in [-0.25, -0.2) is 4.39 Å². The van der Waals surface area contributed by atoms with Crippen molar-refractivity contribution in [1.82, 2.24) is 0 Å². The molecule has 0 N–H and O–H groups in total. The molecule has 3 rings (SSSR count). The van der Waals surface area contributed by atoms with Gasteiger partial charge in [-0.15, -0.1) is 0 Å². The average Bonchev–Trinajstić information content (AvgIpc) is 2.98. The molecule has 24 heavy (non-hydrogen) atoms. The number of methoxy groups -OCH3 is 1. The van der Waals surface area contributed by atoms with Crippen molar-refractivity contribution in [2.75, 3.05) is 18.6 Å². The first-order valence-corrected chi connectivity index (χ1v) is 7.49. The first-order valence-electron chi connectivity index (χ1n) is 7.49. The van der Waals surface area contributed by atoms with Crippen molar-refractivity contribution < 1.29 is 23.5 Å². The molecule has 1 atom stereocenters. The highest BCUT2D eigenvalue weighted by atomic mass is 19.1. The van der Waals surface area contributed by atoms with Crippen molar-refractivity contribution >= 4 is 17.6 Å². The molecule has 0 bridgehead atoms. The van der Waals surface area contributed by atoms with Gasteiger partial charge in [-0.05, 0) is 36.4 Å². The summed E-state index contributed by atoms with van der Waals surface area (Å²) in [5.74, 6) is -0.896. The number of rotatable bonds is 4. The lowest BCUT2D eigenvalue weighted by atomic mass is 10.1. The maximum Gasteiger partial charge on any atom is 0.316 e. The van der Waals surface area contributed by atoms with Crippen LogP contribution in [0, 0.1) is 11.7 Å². The quantitative estimate of drug-likeness (QED) is 0.639. The van der Waals surface area contributed by atoms with Crippen molar-refractivity contribution in [3.8, 4) is 11.5 Å². The van der Waals surface area contributed by atoms with Gasteiger partial charge in [0.15, 0.2) is 0 Å². The SMILES string of the molecule is COc1ccc(OC(=O)C2CC(=O)N(c3ccccc3F)C2)cc1. The molecule has 0 aliphatic carbocycles. The molecule has 6 heteroatoms. The van der Waals surface area contributed by atoms with Crippen molar-refractivity contribution in [3.63, 3.8) is 0 Å². The number of anilines is 1. The molecular formula is C18H16FNO4. The first-order chi connectivity index (χ1) is 11.6. The van der Waals surface area contributed by atoms with Crippen LogP contribution in [0.2, 0.25) is 0 Å². The van der Waals surface area contributed by atoms with Crippen molar-refractivity contribution in [2.24, 2.45) is 5.92 Å². The number of amides is 1. The molecule has 2 aromatic carbocycles. The highest BCUT2D eigenvalue weighted by Gasteiger charge is 2.37. The summed E-state index contributed by atoms with van der Waals surface area (Å²) in [4.78, 5) is 25.7. The van der Waals surface area contributed by atoms with Gasteiger partial charge in [-0.1, -0.05) is 12.1 Å². The van der Waals surface area contributed by atoms with Gasteiger partial charge in [-0.2, -0.15) is 0 Å². The fourth-order valence-electron chi connectivity index (χ4n) is 2.61. The topological polar surface area (TPSA) is 55.8 Å². The third-order valence-corrected chi connectivity index (χ3v) is 3.88. The molecule has 1 unspecified atom stereocenters. The second kappa shape index (κ2) is 6.70. The van der Waals surface area contributed by atoms with Crippen LogP contribution in [0.3, 0.4) is 0 Å². The zero-order valence-electron chi connectivity index (χ0n) is 13.1. The van der Waals surface area contributed by atoms with Gasteiger partial charge in [0.05, 0.1) is 18.7 Å². The second-order valence-electron chi connectivity index (χ2n) is 5.45. The molecule has 2 aromatic rings. The molecule has 1 saturated heterocycles. The summed E-state index contributed by atoms with van der Waals surface area (Å²) >= 11 is 0. The van der Waals surface area contributed by atoms with Gasteiger partial charge in [0.2, 0.25) is 5.91 Å². The van der Waals surface area contributed by atoms with Crippen LogP contribution in [-0.4, -0.2) is 25.5 Å². The van der Waals surface area contributed by atoms with Crippen LogP contribution in [0.25, 0.3) is 0 Å². The van der Waals surface area contributed by atoms with Crippen molar-refractivity contribution in [1.29, 1.82) is 0 Å². The molecule has 1 aliphatic rings. The van der Waals surface area contributed by atoms with Crippen LogP contribution >= 0.6 is 0 Å². The summed E-state index contributed by atoms with van der Waals surface area (Å²) in [5, 5.41) is 0. The monoisotopic (exact) mass is 329 g/mol. The fraction of sp³-hybridized carbons (Fsp3) is 0.222. The molecule has 5 nitrogen and oxygen atoms in total. The summed E-state index contributed by atoms with van der Waals surface area (Å²) < 4.78 is 24.2. The van der Waals surface area contributed by atoms with E-state index in [0.717, 1.165) is 0 Å². The van der Waals surface area contributed by atoms with Crippen LogP contribution < -0.4 is 14.4 Å². The van der Waals surface area contributed by atoms with Gasteiger partial charge in [-0.3, -0.25) is 9.59 Å². The number of para-hydroxylation sites is 1. The standard InChI is InChI=1S/C18H16FNO4/c1-23-13-6-8-14(9-7-13)24-18(22)12-10-17(21)20(11-12)16-5-3-2-4-15(16)19/h2-9,12H,10-11H2,1H3. The van der Waals surface area contributed by atoms with Gasteiger partial charge >= 0.3 is 5.97 Å². The van der Waals surface area contributed by atoms with E-state index in [2.05, 4.69) is 0 Å². The molecule has 0 saturated carbocycles. The highest BCUT2D eigenvalue weighted by Crippen LogP contribution is 2.28. The Labute approximate surface area is 138 Å². The average molecular weight is 329 g/mol. The second-order valence-corrected chi connectivity index (χ2v) is 5.45. The fourth-order valence-corrected chi connectivity index (χ4v) is 2.61. The van der Waals surface area contributed by atoms with E-state index in [0.29, 0.717) is 11.5 Å². The molecule has 0 spiro atoms. The normalized spacial score (nSPS) is 17.0. The third-order valence-electron chi connectivity index (χ3n) is 3.88. The van der Waals surface area contributed by atoms with Crippen LogP contribution in [-0.2, 0) is 9.59 Å². The Morgan fingerprint density at radius 1 is 1.12 bits per heavy atom. The number of hydrogen-bond donors (Lipinski definition) is 0. The van der Waals surface area contributed by atoms with E-state index in [-0.39, 0.29) is 24.6 Å². The number of hydrogen-bond acceptors (Lipinski definition) is 4. The molecule has 0 radical (unpaired) electrons. The zero-order chi connectivity index (χ0) is 17.1. The van der Waals surface area contributed by atoms with Crippen LogP contribution in [0.4, 0.5) is 10.1 Å². The Hall–Kier alpha value is -2.89. The smallest absolute Gasteiger partial charge is 0.316 e. The summed E-state index contributed by atoms with van der Waals surface area (Å²) in [7, 11) is 1.54. The molecule has 1 amide bonds. The minimum Gasteiger partial charge on any atom is -0.497 e. The number of ether oxygens (including phenoxy) is 2. The van der Waals surface area contributed by atoms with Crippen LogP contribution in [0.5, 0.6) is 11.5 Å². The van der Waals surface area contributed by atoms with Gasteiger partial charge in [0, 0.05) is 13.0 Å². The highest BCUT2D eigenvalue weighted by molar-refractivity contribution is 5.99. The van der Waals surface area contributed by atoms with E-state index in [1.807, 2.05) is 0 Å². The minimum atomic E-state index is -0.626. The molecule has 1 aliphatic heterocycles. The Morgan fingerprint density at radius 2 is 1.79 bits per heavy atom. The molecule has 1 fully saturated rings. The van der Waals surface area contributed by atoms with E-state index in [1.54, 1.807) is 43.5 Å². The molecule has 1 heterocycles. The van der Waals surface area contributed by atoms with Crippen molar-refractivity contribution in [2.45, 2.75) is 6.42 Å². The molecule has 124 valence electrons. The lowest BCUT2D eigenvalue weighted by Crippen LogP contribution is -2.28. The summed E-state index contributed by atoms with van der Waals surface area (Å²) in [6, 6.07) is 12.6. The predicted octanol–water partition coefficient (Wildman–Crippen LogP) is 2.79. The van der Waals surface area contributed by atoms with Crippen LogP contribution in [0.15, 0.2) is 48.5 Å². The number of nitrogens with zero attached hydrogens (tertiary/aromatic N) is 1. The lowest BCUT2D eigenvalue weighted by molar-refractivity contribution is -0.139. The Balaban J connectivity index is 1.68.